The largest absolute Gasteiger partial charge is 0.466 e. The van der Waals surface area contributed by atoms with Crippen LogP contribution in [0.3, 0.4) is 0 Å². The Hall–Kier alpha value is -4.77. The molecule has 0 saturated heterocycles. The van der Waals surface area contributed by atoms with Crippen LogP contribution < -0.4 is 4.74 Å². The fourth-order valence-electron chi connectivity index (χ4n) is 5.92. The van der Waals surface area contributed by atoms with E-state index in [1.54, 1.807) is 0 Å². The summed E-state index contributed by atoms with van der Waals surface area (Å²) in [5.41, 5.74) is 0.957. The highest BCUT2D eigenvalue weighted by atomic mass is 32.3. The van der Waals surface area contributed by atoms with Gasteiger partial charge in [0.1, 0.15) is 5.75 Å². The summed E-state index contributed by atoms with van der Waals surface area (Å²) in [6.45, 7) is -0.417. The first-order chi connectivity index (χ1) is 26.0. The molecule has 6 rings (SSSR count). The molecule has 0 aliphatic rings. The smallest absolute Gasteiger partial charge is 0.460 e. The molecular weight excluding hydrogens is 784 g/mol. The van der Waals surface area contributed by atoms with Gasteiger partial charge in [0.25, 0.3) is 0 Å². The van der Waals surface area contributed by atoms with Crippen molar-refractivity contribution in [1.82, 2.24) is 0 Å². The molecule has 0 fully saturated rings. The van der Waals surface area contributed by atoms with E-state index in [1.807, 2.05) is 54.6 Å². The monoisotopic (exact) mass is 812 g/mol. The van der Waals surface area contributed by atoms with E-state index in [4.69, 9.17) is 13.1 Å². The number of para-hydroxylation sites is 1. The Bertz CT molecular complexity index is 2350. The zero-order chi connectivity index (χ0) is 39.7. The van der Waals surface area contributed by atoms with E-state index in [1.165, 1.54) is 84.9 Å². The molecule has 5 nitrogen and oxygen atoms in total. The van der Waals surface area contributed by atoms with E-state index in [0.717, 1.165) is 27.1 Å². The van der Waals surface area contributed by atoms with Crippen LogP contribution in [0, 0.1) is 0 Å². The lowest BCUT2D eigenvalue weighted by Crippen LogP contribution is -2.63. The lowest BCUT2D eigenvalue weighted by molar-refractivity contribution is -0.382. The molecule has 0 aliphatic carbocycles. The summed E-state index contributed by atoms with van der Waals surface area (Å²) in [5, 5.41) is -3.04. The molecule has 0 amide bonds. The summed E-state index contributed by atoms with van der Waals surface area (Å²) in [6.07, 6.45) is -6.85. The first-order valence-corrected chi connectivity index (χ1v) is 19.2. The second-order valence-corrected chi connectivity index (χ2v) is 16.5. The zero-order valence-corrected chi connectivity index (χ0v) is 29.8. The lowest BCUT2D eigenvalue weighted by atomic mass is 9.96. The predicted molar refractivity (Wildman–Crippen MR) is 189 cm³/mol. The Balaban J connectivity index is 1.37. The van der Waals surface area contributed by atoms with Crippen LogP contribution in [0.2, 0.25) is 0 Å². The highest BCUT2D eigenvalue weighted by Gasteiger charge is 2.86. The van der Waals surface area contributed by atoms with E-state index in [0.29, 0.717) is 6.42 Å². The maximum Gasteiger partial charge on any atom is 0.460 e. The molecule has 0 bridgehead atoms. The molecule has 0 heterocycles. The Morgan fingerprint density at radius 2 is 1.05 bits per heavy atom. The summed E-state index contributed by atoms with van der Waals surface area (Å²) >= 11 is 0. The average molecular weight is 813 g/mol. The molecule has 55 heavy (non-hydrogen) atoms. The van der Waals surface area contributed by atoms with E-state index in [9.17, 15) is 39.2 Å². The number of alkyl halides is 9. The maximum atomic E-state index is 15.3. The molecule has 0 unspecified atom stereocenters. The van der Waals surface area contributed by atoms with Crippen LogP contribution in [0.4, 0.5) is 39.5 Å². The van der Waals surface area contributed by atoms with Crippen LogP contribution in [0.1, 0.15) is 5.56 Å². The molecule has 0 saturated carbocycles. The molecule has 6 aromatic carbocycles. The molecule has 0 N–H and O–H groups in total. The number of fused-ring (bicyclic) bond motifs is 3. The van der Waals surface area contributed by atoms with Crippen molar-refractivity contribution in [3.05, 3.63) is 145 Å². The molecule has 0 spiro atoms. The Morgan fingerprint density at radius 3 is 1.65 bits per heavy atom. The highest BCUT2D eigenvalue weighted by Crippen LogP contribution is 2.73. The van der Waals surface area contributed by atoms with E-state index < -0.39 is 50.5 Å². The molecule has 0 radical (unpaired) electrons. The molecule has 0 aromatic heterocycles. The van der Waals surface area contributed by atoms with Crippen LogP contribution in [0.25, 0.3) is 21.5 Å². The van der Waals surface area contributed by atoms with Gasteiger partial charge < -0.3 is 9.47 Å². The van der Waals surface area contributed by atoms with Crippen LogP contribution in [-0.4, -0.2) is 45.1 Å². The fourth-order valence-corrected chi connectivity index (χ4v) is 11.2. The van der Waals surface area contributed by atoms with Gasteiger partial charge in [-0.3, -0.25) is 0 Å². The zero-order valence-electron chi connectivity index (χ0n) is 28.2. The second kappa shape index (κ2) is 15.0. The normalized spacial score (nSPS) is 13.6. The number of ether oxygens (including phenoxy) is 2. The van der Waals surface area contributed by atoms with Crippen LogP contribution in [0.15, 0.2) is 154 Å². The van der Waals surface area contributed by atoms with Gasteiger partial charge in [-0.05, 0) is 80.2 Å². The van der Waals surface area contributed by atoms with Gasteiger partial charge in [0.05, 0.1) is 11.5 Å². The number of rotatable bonds is 14. The van der Waals surface area contributed by atoms with Gasteiger partial charge in [0, 0.05) is 9.79 Å². The van der Waals surface area contributed by atoms with Crippen molar-refractivity contribution in [2.24, 2.45) is 0 Å². The van der Waals surface area contributed by atoms with Crippen molar-refractivity contribution in [2.75, 3.05) is 13.4 Å². The summed E-state index contributed by atoms with van der Waals surface area (Å²) < 4.78 is 170. The number of benzene rings is 6. The van der Waals surface area contributed by atoms with Gasteiger partial charge in [-0.1, -0.05) is 103 Å². The van der Waals surface area contributed by atoms with Gasteiger partial charge in [-0.15, -0.1) is 0 Å². The van der Waals surface area contributed by atoms with Gasteiger partial charge in [0.2, 0.25) is 0 Å². The third kappa shape index (κ3) is 7.12. The quantitative estimate of drug-likeness (QED) is 0.0474. The van der Waals surface area contributed by atoms with E-state index in [-0.39, 0.29) is 27.0 Å². The van der Waals surface area contributed by atoms with E-state index >= 15 is 8.78 Å². The third-order valence-corrected chi connectivity index (χ3v) is 13.8. The summed E-state index contributed by atoms with van der Waals surface area (Å²) in [6, 6.07) is 35.7. The summed E-state index contributed by atoms with van der Waals surface area (Å²) in [7, 11) is -11.7. The van der Waals surface area contributed by atoms with Crippen LogP contribution >= 0.6 is 10.3 Å². The fraction of sp³-hybridized carbons (Fsp3) is 0.179. The molecule has 0 aliphatic heterocycles. The first kappa shape index (κ1) is 39.9. The number of hydrogen-bond donors (Lipinski definition) is 0. The first-order valence-electron chi connectivity index (χ1n) is 16.2. The van der Waals surface area contributed by atoms with Gasteiger partial charge in [-0.2, -0.15) is 47.9 Å². The number of halogens is 9. The predicted octanol–water partition coefficient (Wildman–Crippen LogP) is 11.6. The van der Waals surface area contributed by atoms with Gasteiger partial charge in [-0.25, -0.2) is 3.63 Å². The Kier molecular flexibility index (Phi) is 10.9. The molecule has 0 atom stereocenters. The third-order valence-electron chi connectivity index (χ3n) is 8.60. The van der Waals surface area contributed by atoms with Gasteiger partial charge in [0.15, 0.2) is 6.79 Å². The number of hydrogen-bond acceptors (Lipinski definition) is 5. The second-order valence-electron chi connectivity index (χ2n) is 12.0. The average Bonchev–Trinajstić information content (AvgIpc) is 3.17. The minimum Gasteiger partial charge on any atom is -0.466 e. The minimum absolute atomic E-state index is 0.0967. The lowest BCUT2D eigenvalue weighted by Gasteiger charge is -2.41. The standard InChI is InChI=1S/C39H29F9O5S2/c40-36(41,38(44,45)46)37(42,43)39(47,48)55(49,50)53-54(29-14-3-1-4-15-29,30-16-5-2-6-17-30)35-22-12-11-21-34(35)52-26-51-24-23-28-25-27-13-7-8-18-31(27)33-20-10-9-19-32(28)33/h1-22,25H,23-24,26H2. The highest BCUT2D eigenvalue weighted by molar-refractivity contribution is 8.33. The van der Waals surface area contributed by atoms with Crippen LogP contribution in [-0.2, 0) is 24.9 Å². The summed E-state index contributed by atoms with van der Waals surface area (Å²) in [5.74, 6) is -15.3. The van der Waals surface area contributed by atoms with Crippen molar-refractivity contribution < 1.29 is 61.0 Å². The SMILES string of the molecule is O=S(=O)(OS(c1ccccc1)(c1ccccc1)c1ccccc1OCOCCc1cc2ccccc2c2ccccc12)C(F)(F)C(F)(F)C(F)(F)C(F)(F)F. The van der Waals surface area contributed by atoms with Crippen molar-refractivity contribution in [1.29, 1.82) is 0 Å². The van der Waals surface area contributed by atoms with Gasteiger partial charge >= 0.3 is 33.4 Å². The maximum absolute atomic E-state index is 15.3. The topological polar surface area (TPSA) is 61.8 Å². The molecule has 6 aromatic rings. The van der Waals surface area contributed by atoms with Crippen LogP contribution in [0.5, 0.6) is 5.75 Å². The van der Waals surface area contributed by atoms with Crippen molar-refractivity contribution >= 4 is 42.0 Å². The van der Waals surface area contributed by atoms with Crippen molar-refractivity contribution in [3.8, 4) is 5.75 Å². The molecule has 290 valence electrons. The summed E-state index contributed by atoms with van der Waals surface area (Å²) in [4.78, 5) is -0.833. The minimum atomic E-state index is -7.52. The van der Waals surface area contributed by atoms with Crippen molar-refractivity contribution in [3.63, 3.8) is 0 Å². The Labute approximate surface area is 310 Å². The van der Waals surface area contributed by atoms with E-state index in [2.05, 4.69) is 0 Å². The molecule has 16 heteroatoms. The van der Waals surface area contributed by atoms with Crippen molar-refractivity contribution in [2.45, 2.75) is 44.4 Å². The Morgan fingerprint density at radius 1 is 0.545 bits per heavy atom. The molecular formula is C39H29F9O5S2.